The number of rotatable bonds is 4. The van der Waals surface area contributed by atoms with Crippen LogP contribution in [0, 0.1) is 0 Å². The summed E-state index contributed by atoms with van der Waals surface area (Å²) in [5.41, 5.74) is 1.42. The van der Waals surface area contributed by atoms with Crippen LogP contribution < -0.4 is 15.5 Å². The van der Waals surface area contributed by atoms with E-state index in [4.69, 9.17) is 0 Å². The molecule has 0 amide bonds. The van der Waals surface area contributed by atoms with Crippen molar-refractivity contribution >= 4 is 11.8 Å². The van der Waals surface area contributed by atoms with E-state index in [9.17, 15) is 0 Å². The molecule has 1 saturated carbocycles. The minimum absolute atomic E-state index is 0.468. The number of piperidine rings is 1. The Kier molecular flexibility index (Phi) is 5.04. The Hall–Kier alpha value is -2.56. The van der Waals surface area contributed by atoms with E-state index >= 15 is 0 Å². The highest BCUT2D eigenvalue weighted by molar-refractivity contribution is 5.80. The zero-order chi connectivity index (χ0) is 17.8. The van der Waals surface area contributed by atoms with Crippen molar-refractivity contribution in [1.29, 1.82) is 0 Å². The molecule has 2 N–H and O–H groups in total. The average molecular weight is 349 g/mol. The second kappa shape index (κ2) is 7.77. The molecule has 0 spiro atoms. The van der Waals surface area contributed by atoms with Gasteiger partial charge in [-0.15, -0.1) is 0 Å². The maximum atomic E-state index is 4.46. The smallest absolute Gasteiger partial charge is 0.191 e. The van der Waals surface area contributed by atoms with Crippen LogP contribution in [-0.4, -0.2) is 43.2 Å². The molecule has 0 radical (unpaired) electrons. The van der Waals surface area contributed by atoms with Crippen molar-refractivity contribution in [3.8, 4) is 0 Å². The largest absolute Gasteiger partial charge is 0.356 e. The highest BCUT2D eigenvalue weighted by Gasteiger charge is 2.39. The fourth-order valence-electron chi connectivity index (χ4n) is 3.76. The molecule has 0 bridgehead atoms. The maximum Gasteiger partial charge on any atom is 0.191 e. The lowest BCUT2D eigenvalue weighted by atomic mass is 10.1. The number of benzene rings is 1. The predicted molar refractivity (Wildman–Crippen MR) is 107 cm³/mol. The lowest BCUT2D eigenvalue weighted by Crippen LogP contribution is -2.49. The van der Waals surface area contributed by atoms with Gasteiger partial charge < -0.3 is 15.5 Å². The molecule has 2 aromatic rings. The summed E-state index contributed by atoms with van der Waals surface area (Å²) >= 11 is 0. The van der Waals surface area contributed by atoms with Crippen molar-refractivity contribution in [2.75, 3.05) is 25.0 Å². The lowest BCUT2D eigenvalue weighted by Gasteiger charge is -2.33. The van der Waals surface area contributed by atoms with Gasteiger partial charge in [0.25, 0.3) is 0 Å². The van der Waals surface area contributed by atoms with E-state index in [1.54, 1.807) is 0 Å². The quantitative estimate of drug-likeness (QED) is 0.658. The third-order valence-electron chi connectivity index (χ3n) is 5.37. The second-order valence-corrected chi connectivity index (χ2v) is 7.17. The summed E-state index contributed by atoms with van der Waals surface area (Å²) < 4.78 is 0. The van der Waals surface area contributed by atoms with Crippen LogP contribution >= 0.6 is 0 Å². The molecule has 1 aromatic heterocycles. The van der Waals surface area contributed by atoms with Crippen LogP contribution in [0.4, 0.5) is 5.82 Å². The minimum atomic E-state index is 0.468. The number of anilines is 1. The Morgan fingerprint density at radius 3 is 2.50 bits per heavy atom. The van der Waals surface area contributed by atoms with Crippen molar-refractivity contribution < 1.29 is 0 Å². The van der Waals surface area contributed by atoms with Crippen LogP contribution in [0.25, 0.3) is 0 Å². The van der Waals surface area contributed by atoms with E-state index in [2.05, 4.69) is 68.0 Å². The van der Waals surface area contributed by atoms with Gasteiger partial charge in [-0.2, -0.15) is 0 Å². The topological polar surface area (TPSA) is 52.6 Å². The molecule has 5 heteroatoms. The average Bonchev–Trinajstić information content (AvgIpc) is 3.48. The van der Waals surface area contributed by atoms with Crippen molar-refractivity contribution in [2.45, 2.75) is 37.3 Å². The number of nitrogens with zero attached hydrogens (tertiary/aromatic N) is 3. The zero-order valence-electron chi connectivity index (χ0n) is 15.3. The Balaban J connectivity index is 1.25. The molecule has 2 aliphatic rings. The van der Waals surface area contributed by atoms with E-state index in [0.717, 1.165) is 37.7 Å². The van der Waals surface area contributed by atoms with Gasteiger partial charge in [0, 0.05) is 44.3 Å². The van der Waals surface area contributed by atoms with Gasteiger partial charge in [0.2, 0.25) is 0 Å². The molecule has 2 fully saturated rings. The number of hydrogen-bond donors (Lipinski definition) is 2. The molecule has 1 saturated heterocycles. The Morgan fingerprint density at radius 1 is 1.04 bits per heavy atom. The van der Waals surface area contributed by atoms with E-state index in [-0.39, 0.29) is 0 Å². The number of pyridine rings is 1. The predicted octanol–water partition coefficient (Wildman–Crippen LogP) is 2.77. The van der Waals surface area contributed by atoms with Crippen molar-refractivity contribution in [3.05, 3.63) is 60.3 Å². The molecule has 5 nitrogen and oxygen atoms in total. The third kappa shape index (κ3) is 3.98. The normalized spacial score (nSPS) is 23.6. The lowest BCUT2D eigenvalue weighted by molar-refractivity contribution is 0.459. The summed E-state index contributed by atoms with van der Waals surface area (Å²) in [5, 5.41) is 7.21. The fourth-order valence-corrected chi connectivity index (χ4v) is 3.76. The molecule has 1 aliphatic carbocycles. The van der Waals surface area contributed by atoms with Gasteiger partial charge in [0.15, 0.2) is 5.96 Å². The number of aliphatic imine (C=N–C) groups is 1. The first-order valence-corrected chi connectivity index (χ1v) is 9.54. The van der Waals surface area contributed by atoms with Gasteiger partial charge in [-0.05, 0) is 37.0 Å². The second-order valence-electron chi connectivity index (χ2n) is 7.17. The molecule has 2 unspecified atom stereocenters. The van der Waals surface area contributed by atoms with Crippen LogP contribution in [0.1, 0.15) is 30.7 Å². The molecule has 136 valence electrons. The Morgan fingerprint density at radius 2 is 1.81 bits per heavy atom. The summed E-state index contributed by atoms with van der Waals surface area (Å²) in [6, 6.07) is 17.8. The Labute approximate surface area is 155 Å². The van der Waals surface area contributed by atoms with Crippen molar-refractivity contribution in [3.63, 3.8) is 0 Å². The molecular weight excluding hydrogens is 322 g/mol. The standard InChI is InChI=1S/C21H27N5/c1-22-21(25-19-15-18(19)16-7-3-2-4-8-16)24-17-10-13-26(14-11-17)20-9-5-6-12-23-20/h2-9,12,17-19H,10-11,13-15H2,1H3,(H2,22,24,25). The highest BCUT2D eigenvalue weighted by Crippen LogP contribution is 2.40. The summed E-state index contributed by atoms with van der Waals surface area (Å²) in [6.45, 7) is 2.06. The van der Waals surface area contributed by atoms with E-state index in [1.165, 1.54) is 12.0 Å². The molecular formula is C21H27N5. The van der Waals surface area contributed by atoms with Gasteiger partial charge in [0.1, 0.15) is 5.82 Å². The SMILES string of the molecule is CN=C(NC1CCN(c2ccccn2)CC1)NC1CC1c1ccccc1. The number of nitrogens with one attached hydrogen (secondary N) is 2. The number of hydrogen-bond acceptors (Lipinski definition) is 3. The Bertz CT molecular complexity index is 723. The molecule has 26 heavy (non-hydrogen) atoms. The summed E-state index contributed by atoms with van der Waals surface area (Å²) in [7, 11) is 1.86. The monoisotopic (exact) mass is 349 g/mol. The molecule has 1 aliphatic heterocycles. The first kappa shape index (κ1) is 16.9. The van der Waals surface area contributed by atoms with Crippen LogP contribution in [0.2, 0.25) is 0 Å². The molecule has 2 heterocycles. The van der Waals surface area contributed by atoms with E-state index in [1.807, 2.05) is 19.3 Å². The first-order valence-electron chi connectivity index (χ1n) is 9.54. The van der Waals surface area contributed by atoms with Gasteiger partial charge in [0.05, 0.1) is 0 Å². The number of aromatic nitrogens is 1. The van der Waals surface area contributed by atoms with Crippen molar-refractivity contribution in [2.24, 2.45) is 4.99 Å². The van der Waals surface area contributed by atoms with E-state index < -0.39 is 0 Å². The van der Waals surface area contributed by atoms with Gasteiger partial charge in [-0.25, -0.2) is 4.98 Å². The summed E-state index contributed by atoms with van der Waals surface area (Å²) in [4.78, 5) is 11.3. The maximum absolute atomic E-state index is 4.46. The van der Waals surface area contributed by atoms with E-state index in [0.29, 0.717) is 18.0 Å². The van der Waals surface area contributed by atoms with Gasteiger partial charge in [-0.3, -0.25) is 4.99 Å². The molecule has 2 atom stereocenters. The molecule has 4 rings (SSSR count). The van der Waals surface area contributed by atoms with Crippen LogP contribution in [0.3, 0.4) is 0 Å². The van der Waals surface area contributed by atoms with Crippen LogP contribution in [0.15, 0.2) is 59.7 Å². The minimum Gasteiger partial charge on any atom is -0.356 e. The van der Waals surface area contributed by atoms with Gasteiger partial charge >= 0.3 is 0 Å². The highest BCUT2D eigenvalue weighted by atomic mass is 15.2. The fraction of sp³-hybridized carbons (Fsp3) is 0.429. The first-order chi connectivity index (χ1) is 12.8. The van der Waals surface area contributed by atoms with Crippen LogP contribution in [-0.2, 0) is 0 Å². The number of guanidine groups is 1. The van der Waals surface area contributed by atoms with Crippen LogP contribution in [0.5, 0.6) is 0 Å². The third-order valence-corrected chi connectivity index (χ3v) is 5.37. The summed E-state index contributed by atoms with van der Waals surface area (Å²) in [5.74, 6) is 2.63. The van der Waals surface area contributed by atoms with Gasteiger partial charge in [-0.1, -0.05) is 36.4 Å². The summed E-state index contributed by atoms with van der Waals surface area (Å²) in [6.07, 6.45) is 5.25. The van der Waals surface area contributed by atoms with Crippen molar-refractivity contribution in [1.82, 2.24) is 15.6 Å². The molecule has 1 aromatic carbocycles. The zero-order valence-corrected chi connectivity index (χ0v) is 15.3.